The monoisotopic (exact) mass is 266 g/mol. The van der Waals surface area contributed by atoms with Crippen LogP contribution < -0.4 is 4.74 Å². The van der Waals surface area contributed by atoms with Gasteiger partial charge in [0.05, 0.1) is 7.11 Å². The first-order valence-corrected chi connectivity index (χ1v) is 5.61. The lowest BCUT2D eigenvalue weighted by Gasteiger charge is -2.15. The number of carbonyl (C=O) groups excluding carboxylic acids is 2. The molecule has 1 aromatic rings. The van der Waals surface area contributed by atoms with Crippen LogP contribution in [0.1, 0.15) is 23.7 Å². The van der Waals surface area contributed by atoms with Crippen LogP contribution in [-0.4, -0.2) is 36.0 Å². The van der Waals surface area contributed by atoms with Gasteiger partial charge in [0.15, 0.2) is 6.10 Å². The van der Waals surface area contributed by atoms with E-state index in [-0.39, 0.29) is 5.56 Å². The number of Topliss-reactive ketones (excluding diaryl/α,β-unsaturated/α-hetero) is 1. The fraction of sp³-hybridized carbons (Fsp3) is 0.308. The highest BCUT2D eigenvalue weighted by Crippen LogP contribution is 2.16. The summed E-state index contributed by atoms with van der Waals surface area (Å²) in [5, 5.41) is 8.55. The third-order valence-electron chi connectivity index (χ3n) is 2.42. The Balaban J connectivity index is 2.79. The van der Waals surface area contributed by atoms with E-state index in [1.54, 1.807) is 6.92 Å². The van der Waals surface area contributed by atoms with Crippen molar-refractivity contribution in [1.29, 1.82) is 0 Å². The van der Waals surface area contributed by atoms with Gasteiger partial charge in [-0.15, -0.1) is 0 Å². The van der Waals surface area contributed by atoms with E-state index in [0.717, 1.165) is 0 Å². The number of ketones is 1. The molecule has 0 heterocycles. The Bertz CT molecular complexity index is 476. The Labute approximate surface area is 109 Å². The van der Waals surface area contributed by atoms with Crippen molar-refractivity contribution in [3.63, 3.8) is 0 Å². The predicted octanol–water partition coefficient (Wildman–Crippen LogP) is 1.28. The number of methoxy groups -OCH3 is 1. The Morgan fingerprint density at radius 3 is 2.21 bits per heavy atom. The molecule has 1 atom stereocenters. The summed E-state index contributed by atoms with van der Waals surface area (Å²) >= 11 is 0. The number of rotatable bonds is 6. The number of carboxylic acids is 1. The predicted molar refractivity (Wildman–Crippen MR) is 65.1 cm³/mol. The second-order valence-corrected chi connectivity index (χ2v) is 3.70. The van der Waals surface area contributed by atoms with Crippen LogP contribution in [0.4, 0.5) is 0 Å². The molecular formula is C13H14O6. The number of aliphatic carboxylic acids is 1. The van der Waals surface area contributed by atoms with Gasteiger partial charge in [-0.1, -0.05) is 6.92 Å². The molecule has 19 heavy (non-hydrogen) atoms. The van der Waals surface area contributed by atoms with Crippen LogP contribution in [0.15, 0.2) is 24.3 Å². The standard InChI is InChI=1S/C13H14O6/c1-3-10(13(17)18-2)19-9-6-4-8(5-7-9)11(14)12(15)16/h4-7,10H,3H2,1-2H3,(H,15,16). The van der Waals surface area contributed by atoms with Crippen LogP contribution in [-0.2, 0) is 14.3 Å². The molecule has 102 valence electrons. The molecule has 0 radical (unpaired) electrons. The average molecular weight is 266 g/mol. The van der Waals surface area contributed by atoms with Crippen molar-refractivity contribution in [2.45, 2.75) is 19.4 Å². The Hall–Kier alpha value is -2.37. The molecule has 1 unspecified atom stereocenters. The third-order valence-corrected chi connectivity index (χ3v) is 2.42. The van der Waals surface area contributed by atoms with Crippen LogP contribution in [0.5, 0.6) is 5.75 Å². The first-order valence-electron chi connectivity index (χ1n) is 5.61. The zero-order valence-electron chi connectivity index (χ0n) is 10.6. The van der Waals surface area contributed by atoms with E-state index in [0.29, 0.717) is 12.2 Å². The van der Waals surface area contributed by atoms with Crippen molar-refractivity contribution in [3.8, 4) is 5.75 Å². The molecule has 0 saturated carbocycles. The molecule has 0 aliphatic carbocycles. The Morgan fingerprint density at radius 2 is 1.79 bits per heavy atom. The smallest absolute Gasteiger partial charge is 0.377 e. The highest BCUT2D eigenvalue weighted by atomic mass is 16.6. The molecular weight excluding hydrogens is 252 g/mol. The third kappa shape index (κ3) is 3.80. The topological polar surface area (TPSA) is 89.9 Å². The van der Waals surface area contributed by atoms with Gasteiger partial charge in [0.2, 0.25) is 0 Å². The summed E-state index contributed by atoms with van der Waals surface area (Å²) in [5.41, 5.74) is 0.0472. The van der Waals surface area contributed by atoms with Crippen molar-refractivity contribution in [2.24, 2.45) is 0 Å². The highest BCUT2D eigenvalue weighted by molar-refractivity contribution is 6.39. The van der Waals surface area contributed by atoms with Gasteiger partial charge in [0.25, 0.3) is 5.78 Å². The number of ether oxygens (including phenoxy) is 2. The van der Waals surface area contributed by atoms with Gasteiger partial charge in [0.1, 0.15) is 5.75 Å². The second kappa shape index (κ2) is 6.53. The molecule has 1 rings (SSSR count). The quantitative estimate of drug-likeness (QED) is 0.474. The van der Waals surface area contributed by atoms with Crippen LogP contribution in [0.3, 0.4) is 0 Å². The molecule has 1 N–H and O–H groups in total. The van der Waals surface area contributed by atoms with Gasteiger partial charge in [-0.25, -0.2) is 9.59 Å². The summed E-state index contributed by atoms with van der Waals surface area (Å²) in [6, 6.07) is 5.52. The van der Waals surface area contributed by atoms with Gasteiger partial charge >= 0.3 is 11.9 Å². The minimum atomic E-state index is -1.52. The summed E-state index contributed by atoms with van der Waals surface area (Å²) in [4.78, 5) is 33.0. The zero-order chi connectivity index (χ0) is 14.4. The van der Waals surface area contributed by atoms with E-state index in [1.165, 1.54) is 31.4 Å². The SMILES string of the molecule is CCC(Oc1ccc(C(=O)C(=O)O)cc1)C(=O)OC. The molecule has 1 aromatic carbocycles. The normalized spacial score (nSPS) is 11.5. The van der Waals surface area contributed by atoms with E-state index >= 15 is 0 Å². The molecule has 6 heteroatoms. The highest BCUT2D eigenvalue weighted by Gasteiger charge is 2.19. The van der Waals surface area contributed by atoms with E-state index < -0.39 is 23.8 Å². The van der Waals surface area contributed by atoms with E-state index in [2.05, 4.69) is 4.74 Å². The lowest BCUT2D eigenvalue weighted by Crippen LogP contribution is -2.27. The molecule has 0 aromatic heterocycles. The summed E-state index contributed by atoms with van der Waals surface area (Å²) in [6.45, 7) is 1.77. The fourth-order valence-corrected chi connectivity index (χ4v) is 1.40. The minimum absolute atomic E-state index is 0.0472. The fourth-order valence-electron chi connectivity index (χ4n) is 1.40. The summed E-state index contributed by atoms with van der Waals surface area (Å²) < 4.78 is 9.95. The number of carbonyl (C=O) groups is 3. The number of hydrogen-bond donors (Lipinski definition) is 1. The molecule has 0 fully saturated rings. The van der Waals surface area contributed by atoms with Gasteiger partial charge in [-0.2, -0.15) is 0 Å². The Morgan fingerprint density at radius 1 is 1.21 bits per heavy atom. The van der Waals surface area contributed by atoms with E-state index in [1.807, 2.05) is 0 Å². The molecule has 0 amide bonds. The lowest BCUT2D eigenvalue weighted by atomic mass is 10.1. The number of hydrogen-bond acceptors (Lipinski definition) is 5. The van der Waals surface area contributed by atoms with Crippen molar-refractivity contribution >= 4 is 17.7 Å². The van der Waals surface area contributed by atoms with E-state index in [4.69, 9.17) is 9.84 Å². The maximum Gasteiger partial charge on any atom is 0.377 e. The number of esters is 1. The molecule has 0 aliphatic heterocycles. The maximum atomic E-state index is 11.3. The zero-order valence-corrected chi connectivity index (χ0v) is 10.6. The molecule has 0 aliphatic rings. The van der Waals surface area contributed by atoms with Gasteiger partial charge in [-0.3, -0.25) is 4.79 Å². The molecule has 0 bridgehead atoms. The first kappa shape index (κ1) is 14.7. The molecule has 0 spiro atoms. The summed E-state index contributed by atoms with van der Waals surface area (Å²) in [7, 11) is 1.27. The molecule has 0 saturated heterocycles. The van der Waals surface area contributed by atoms with Crippen LogP contribution in [0, 0.1) is 0 Å². The Kier molecular flexibility index (Phi) is 5.05. The molecule has 6 nitrogen and oxygen atoms in total. The van der Waals surface area contributed by atoms with Crippen molar-refractivity contribution in [1.82, 2.24) is 0 Å². The van der Waals surface area contributed by atoms with Gasteiger partial charge in [-0.05, 0) is 30.7 Å². The maximum absolute atomic E-state index is 11.3. The van der Waals surface area contributed by atoms with Crippen LogP contribution in [0.25, 0.3) is 0 Å². The second-order valence-electron chi connectivity index (χ2n) is 3.70. The lowest BCUT2D eigenvalue weighted by molar-refractivity contribution is -0.148. The minimum Gasteiger partial charge on any atom is -0.479 e. The number of carboxylic acid groups (broad SMARTS) is 1. The van der Waals surface area contributed by atoms with Crippen LogP contribution in [0.2, 0.25) is 0 Å². The average Bonchev–Trinajstić information content (AvgIpc) is 2.43. The van der Waals surface area contributed by atoms with Crippen molar-refractivity contribution in [3.05, 3.63) is 29.8 Å². The van der Waals surface area contributed by atoms with Gasteiger partial charge < -0.3 is 14.6 Å². The van der Waals surface area contributed by atoms with E-state index in [9.17, 15) is 14.4 Å². The van der Waals surface area contributed by atoms with Crippen molar-refractivity contribution < 1.29 is 29.0 Å². The summed E-state index contributed by atoms with van der Waals surface area (Å²) in [5.74, 6) is -2.64. The first-order chi connectivity index (χ1) is 8.99. The van der Waals surface area contributed by atoms with Crippen LogP contribution >= 0.6 is 0 Å². The summed E-state index contributed by atoms with van der Waals surface area (Å²) in [6.07, 6.45) is -0.298. The largest absolute Gasteiger partial charge is 0.479 e. The van der Waals surface area contributed by atoms with Gasteiger partial charge in [0, 0.05) is 5.56 Å². The van der Waals surface area contributed by atoms with Crippen molar-refractivity contribution in [2.75, 3.05) is 7.11 Å². The number of benzene rings is 1.